The number of likely N-dealkylation sites (tertiary alicyclic amines) is 1. The molecule has 0 aliphatic carbocycles. The normalized spacial score (nSPS) is 18.8. The predicted octanol–water partition coefficient (Wildman–Crippen LogP) is 4.71. The molecule has 0 aromatic heterocycles. The lowest BCUT2D eigenvalue weighted by atomic mass is 9.93. The second-order valence-electron chi connectivity index (χ2n) is 8.93. The van der Waals surface area contributed by atoms with Gasteiger partial charge in [-0.15, -0.1) is 0 Å². The standard InChI is InChI=1S/C28H28N2O3/c31-24-12-10-20(11-13-24)21-14-17-29(18-15-21)27(32)23-7-4-16-30(19-23)28(33)26-9-3-6-22-5-1-2-8-25(22)26/h1-3,5-6,8-14,23,31H,4,7,15-19H2. The van der Waals surface area contributed by atoms with Crippen LogP contribution >= 0.6 is 0 Å². The lowest BCUT2D eigenvalue weighted by Crippen LogP contribution is -2.47. The van der Waals surface area contributed by atoms with Crippen LogP contribution in [-0.2, 0) is 4.79 Å². The smallest absolute Gasteiger partial charge is 0.254 e. The van der Waals surface area contributed by atoms with E-state index in [-0.39, 0.29) is 23.5 Å². The molecule has 33 heavy (non-hydrogen) atoms. The first-order chi connectivity index (χ1) is 16.1. The van der Waals surface area contributed by atoms with Crippen molar-refractivity contribution in [3.8, 4) is 5.75 Å². The van der Waals surface area contributed by atoms with E-state index in [1.807, 2.05) is 64.4 Å². The number of carbonyl (C=O) groups excluding carboxylic acids is 2. The Hall–Kier alpha value is -3.60. The van der Waals surface area contributed by atoms with Gasteiger partial charge in [-0.2, -0.15) is 0 Å². The number of hydrogen-bond acceptors (Lipinski definition) is 3. The molecule has 1 unspecified atom stereocenters. The Balaban J connectivity index is 1.26. The number of amides is 2. The number of hydrogen-bond donors (Lipinski definition) is 1. The van der Waals surface area contributed by atoms with Crippen LogP contribution in [0.2, 0.25) is 0 Å². The topological polar surface area (TPSA) is 60.9 Å². The molecule has 0 radical (unpaired) electrons. The summed E-state index contributed by atoms with van der Waals surface area (Å²) in [6.07, 6.45) is 4.57. The quantitative estimate of drug-likeness (QED) is 0.641. The Morgan fingerprint density at radius 1 is 0.879 bits per heavy atom. The fraction of sp³-hybridized carbons (Fsp3) is 0.286. The zero-order valence-corrected chi connectivity index (χ0v) is 18.6. The zero-order chi connectivity index (χ0) is 22.8. The van der Waals surface area contributed by atoms with E-state index in [0.29, 0.717) is 31.7 Å². The second-order valence-corrected chi connectivity index (χ2v) is 8.93. The minimum atomic E-state index is -0.152. The van der Waals surface area contributed by atoms with Gasteiger partial charge in [0, 0.05) is 31.7 Å². The average molecular weight is 441 g/mol. The highest BCUT2D eigenvalue weighted by atomic mass is 16.3. The molecule has 0 spiro atoms. The van der Waals surface area contributed by atoms with Crippen molar-refractivity contribution in [2.75, 3.05) is 26.2 Å². The number of nitrogens with zero attached hydrogens (tertiary/aromatic N) is 2. The van der Waals surface area contributed by atoms with Gasteiger partial charge in [-0.25, -0.2) is 0 Å². The van der Waals surface area contributed by atoms with E-state index in [1.165, 1.54) is 5.57 Å². The summed E-state index contributed by atoms with van der Waals surface area (Å²) < 4.78 is 0. The number of fused-ring (bicyclic) bond motifs is 1. The summed E-state index contributed by atoms with van der Waals surface area (Å²) in [6.45, 7) is 2.44. The number of benzene rings is 3. The molecule has 3 aromatic carbocycles. The predicted molar refractivity (Wildman–Crippen MR) is 130 cm³/mol. The monoisotopic (exact) mass is 440 g/mol. The maximum Gasteiger partial charge on any atom is 0.254 e. The summed E-state index contributed by atoms with van der Waals surface area (Å²) in [4.78, 5) is 30.4. The molecule has 168 valence electrons. The third kappa shape index (κ3) is 4.36. The number of phenolic OH excluding ortho intramolecular Hbond substituents is 1. The fourth-order valence-electron chi connectivity index (χ4n) is 5.01. The van der Waals surface area contributed by atoms with Crippen molar-refractivity contribution in [2.45, 2.75) is 19.3 Å². The van der Waals surface area contributed by atoms with E-state index in [9.17, 15) is 14.7 Å². The Labute approximate surface area is 193 Å². The van der Waals surface area contributed by atoms with Gasteiger partial charge in [0.2, 0.25) is 5.91 Å². The van der Waals surface area contributed by atoms with E-state index in [4.69, 9.17) is 0 Å². The van der Waals surface area contributed by atoms with E-state index in [2.05, 4.69) is 6.08 Å². The van der Waals surface area contributed by atoms with Gasteiger partial charge < -0.3 is 14.9 Å². The Kier molecular flexibility index (Phi) is 5.86. The molecule has 2 heterocycles. The highest BCUT2D eigenvalue weighted by molar-refractivity contribution is 6.07. The number of aromatic hydroxyl groups is 1. The molecule has 1 atom stereocenters. The van der Waals surface area contributed by atoms with Crippen molar-refractivity contribution in [2.24, 2.45) is 5.92 Å². The third-order valence-corrected chi connectivity index (χ3v) is 6.84. The molecule has 2 amide bonds. The van der Waals surface area contributed by atoms with Crippen LogP contribution in [0.5, 0.6) is 5.75 Å². The molecule has 2 aliphatic heterocycles. The van der Waals surface area contributed by atoms with Crippen molar-refractivity contribution < 1.29 is 14.7 Å². The van der Waals surface area contributed by atoms with E-state index in [0.717, 1.165) is 35.6 Å². The summed E-state index contributed by atoms with van der Waals surface area (Å²) in [7, 11) is 0. The van der Waals surface area contributed by atoms with Crippen molar-refractivity contribution >= 4 is 28.2 Å². The zero-order valence-electron chi connectivity index (χ0n) is 18.6. The molecular weight excluding hydrogens is 412 g/mol. The number of rotatable bonds is 3. The van der Waals surface area contributed by atoms with Gasteiger partial charge in [0.05, 0.1) is 5.92 Å². The second kappa shape index (κ2) is 9.10. The molecule has 5 nitrogen and oxygen atoms in total. The molecule has 3 aromatic rings. The first kappa shape index (κ1) is 21.3. The summed E-state index contributed by atoms with van der Waals surface area (Å²) in [5.41, 5.74) is 3.00. The Bertz CT molecular complexity index is 1210. The van der Waals surface area contributed by atoms with Crippen LogP contribution < -0.4 is 0 Å². The van der Waals surface area contributed by atoms with Crippen LogP contribution in [0.15, 0.2) is 72.8 Å². The van der Waals surface area contributed by atoms with Gasteiger partial charge in [0.15, 0.2) is 0 Å². The highest BCUT2D eigenvalue weighted by Gasteiger charge is 2.32. The van der Waals surface area contributed by atoms with Gasteiger partial charge in [-0.1, -0.05) is 54.6 Å². The average Bonchev–Trinajstić information content (AvgIpc) is 2.88. The molecular formula is C28H28N2O3. The fourth-order valence-corrected chi connectivity index (χ4v) is 5.01. The van der Waals surface area contributed by atoms with E-state index < -0.39 is 0 Å². The summed E-state index contributed by atoms with van der Waals surface area (Å²) in [5, 5.41) is 11.5. The van der Waals surface area contributed by atoms with Gasteiger partial charge in [0.1, 0.15) is 5.75 Å². The van der Waals surface area contributed by atoms with Crippen molar-refractivity contribution in [3.05, 3.63) is 83.9 Å². The molecule has 5 heteroatoms. The maximum atomic E-state index is 13.4. The van der Waals surface area contributed by atoms with Crippen molar-refractivity contribution in [1.29, 1.82) is 0 Å². The molecule has 2 aliphatic rings. The first-order valence-electron chi connectivity index (χ1n) is 11.6. The molecule has 0 bridgehead atoms. The van der Waals surface area contributed by atoms with E-state index >= 15 is 0 Å². The van der Waals surface area contributed by atoms with Gasteiger partial charge >= 0.3 is 0 Å². The van der Waals surface area contributed by atoms with Gasteiger partial charge in [-0.3, -0.25) is 9.59 Å². The van der Waals surface area contributed by atoms with Crippen LogP contribution in [0.25, 0.3) is 16.3 Å². The maximum absolute atomic E-state index is 13.4. The van der Waals surface area contributed by atoms with E-state index in [1.54, 1.807) is 12.1 Å². The number of carbonyl (C=O) groups is 2. The van der Waals surface area contributed by atoms with Crippen LogP contribution in [0.3, 0.4) is 0 Å². The van der Waals surface area contributed by atoms with Crippen LogP contribution in [0.4, 0.5) is 0 Å². The Morgan fingerprint density at radius 3 is 2.45 bits per heavy atom. The lowest BCUT2D eigenvalue weighted by Gasteiger charge is -2.36. The minimum Gasteiger partial charge on any atom is -0.508 e. The molecule has 0 saturated carbocycles. The van der Waals surface area contributed by atoms with Crippen LogP contribution in [0.1, 0.15) is 35.2 Å². The highest BCUT2D eigenvalue weighted by Crippen LogP contribution is 2.28. The minimum absolute atomic E-state index is 0.0115. The SMILES string of the molecule is O=C(c1cccc2ccccc12)N1CCCC(C(=O)N2CC=C(c3ccc(O)cc3)CC2)C1. The molecule has 1 N–H and O–H groups in total. The summed E-state index contributed by atoms with van der Waals surface area (Å²) in [5.74, 6) is 0.261. The third-order valence-electron chi connectivity index (χ3n) is 6.84. The van der Waals surface area contributed by atoms with Crippen LogP contribution in [0, 0.1) is 5.92 Å². The molecule has 5 rings (SSSR count). The summed E-state index contributed by atoms with van der Waals surface area (Å²) >= 11 is 0. The molecule has 1 saturated heterocycles. The first-order valence-corrected chi connectivity index (χ1v) is 11.6. The molecule has 1 fully saturated rings. The largest absolute Gasteiger partial charge is 0.508 e. The number of phenols is 1. The van der Waals surface area contributed by atoms with Crippen molar-refractivity contribution in [1.82, 2.24) is 9.80 Å². The lowest BCUT2D eigenvalue weighted by molar-refractivity contribution is -0.136. The number of piperidine rings is 1. The van der Waals surface area contributed by atoms with Crippen molar-refractivity contribution in [3.63, 3.8) is 0 Å². The van der Waals surface area contributed by atoms with Gasteiger partial charge in [0.25, 0.3) is 5.91 Å². The summed E-state index contributed by atoms with van der Waals surface area (Å²) in [6, 6.07) is 21.0. The van der Waals surface area contributed by atoms with Gasteiger partial charge in [-0.05, 0) is 59.4 Å². The Morgan fingerprint density at radius 2 is 1.67 bits per heavy atom. The van der Waals surface area contributed by atoms with Crippen LogP contribution in [-0.4, -0.2) is 52.9 Å².